The van der Waals surface area contributed by atoms with E-state index in [0.29, 0.717) is 6.04 Å². The monoisotopic (exact) mass is 300 g/mol. The molecule has 5 nitrogen and oxygen atoms in total. The molecule has 1 aliphatic carbocycles. The van der Waals surface area contributed by atoms with Crippen LogP contribution in [0.25, 0.3) is 0 Å². The number of likely N-dealkylation sites (tertiary alicyclic amines) is 1. The van der Waals surface area contributed by atoms with E-state index in [1.54, 1.807) is 0 Å². The van der Waals surface area contributed by atoms with Gasteiger partial charge in [-0.2, -0.15) is 0 Å². The molecule has 0 radical (unpaired) electrons. The summed E-state index contributed by atoms with van der Waals surface area (Å²) in [6, 6.07) is 0.435. The van der Waals surface area contributed by atoms with E-state index in [4.69, 9.17) is 20.6 Å². The van der Waals surface area contributed by atoms with Crippen molar-refractivity contribution in [1.82, 2.24) is 4.90 Å². The first kappa shape index (κ1) is 20.6. The van der Waals surface area contributed by atoms with Gasteiger partial charge in [0.2, 0.25) is 0 Å². The quantitative estimate of drug-likeness (QED) is 0.667. The maximum absolute atomic E-state index is 8.86. The lowest BCUT2D eigenvalue weighted by atomic mass is 9.74. The highest BCUT2D eigenvalue weighted by molar-refractivity contribution is 6.43. The lowest BCUT2D eigenvalue weighted by Gasteiger charge is -2.31. The van der Waals surface area contributed by atoms with Gasteiger partial charge in [-0.15, -0.1) is 0 Å². The normalized spacial score (nSPS) is 24.9. The van der Waals surface area contributed by atoms with E-state index >= 15 is 0 Å². The van der Waals surface area contributed by atoms with E-state index < -0.39 is 7.12 Å². The van der Waals surface area contributed by atoms with Crippen LogP contribution in [0.2, 0.25) is 0 Å². The van der Waals surface area contributed by atoms with Gasteiger partial charge < -0.3 is 25.5 Å². The van der Waals surface area contributed by atoms with Crippen molar-refractivity contribution in [3.63, 3.8) is 0 Å². The second-order valence-electron chi connectivity index (χ2n) is 6.21. The Morgan fingerprint density at radius 2 is 1.62 bits per heavy atom. The standard InChI is InChI=1S/C8H17N.C6H14BNO2.CH2O/c1-7(9)8-5-3-2-4-6-8;1-8-5-3-2-4-6(8)7(9)10;1-2/h7-8H,2-6,9H2,1H3;6,9-10H,2-5H2,1H3;1H2. The third kappa shape index (κ3) is 8.56. The SMILES string of the molecule is C=O.CC(N)C1CCCCC1.CN1CCCCC1B(O)O. The van der Waals surface area contributed by atoms with E-state index in [1.165, 1.54) is 38.5 Å². The summed E-state index contributed by atoms with van der Waals surface area (Å²) in [5, 5.41) is 17.7. The molecule has 1 saturated heterocycles. The molecule has 0 aromatic heterocycles. The first-order chi connectivity index (χ1) is 10.0. The largest absolute Gasteiger partial charge is 0.469 e. The molecule has 124 valence electrons. The Bertz CT molecular complexity index is 249. The van der Waals surface area contributed by atoms with Gasteiger partial charge in [0, 0.05) is 12.0 Å². The van der Waals surface area contributed by atoms with Gasteiger partial charge in [0.25, 0.3) is 0 Å². The summed E-state index contributed by atoms with van der Waals surface area (Å²) < 4.78 is 0. The van der Waals surface area contributed by atoms with Crippen LogP contribution in [0.4, 0.5) is 0 Å². The molecular weight excluding hydrogens is 267 g/mol. The fourth-order valence-corrected chi connectivity index (χ4v) is 3.14. The van der Waals surface area contributed by atoms with Crippen LogP contribution in [0.5, 0.6) is 0 Å². The first-order valence-corrected chi connectivity index (χ1v) is 8.13. The highest BCUT2D eigenvalue weighted by Gasteiger charge is 2.29. The number of carbonyl (C=O) groups excluding carboxylic acids is 1. The van der Waals surface area contributed by atoms with Gasteiger partial charge in [-0.3, -0.25) is 0 Å². The number of piperidine rings is 1. The van der Waals surface area contributed by atoms with Crippen LogP contribution in [0.3, 0.4) is 0 Å². The minimum absolute atomic E-state index is 0.0336. The van der Waals surface area contributed by atoms with Crippen molar-refractivity contribution in [3.8, 4) is 0 Å². The predicted octanol–water partition coefficient (Wildman–Crippen LogP) is 1.21. The third-order valence-electron chi connectivity index (χ3n) is 4.56. The minimum Gasteiger partial charge on any atom is -0.426 e. The molecule has 1 aliphatic heterocycles. The van der Waals surface area contributed by atoms with E-state index in [1.807, 2.05) is 18.7 Å². The molecular formula is C15H33BN2O3. The summed E-state index contributed by atoms with van der Waals surface area (Å²) in [6.07, 6.45) is 10.2. The van der Waals surface area contributed by atoms with E-state index in [9.17, 15) is 0 Å². The Hall–Kier alpha value is -0.425. The van der Waals surface area contributed by atoms with Gasteiger partial charge in [-0.25, -0.2) is 0 Å². The molecule has 2 aliphatic rings. The molecule has 1 saturated carbocycles. The molecule has 2 atom stereocenters. The van der Waals surface area contributed by atoms with E-state index in [-0.39, 0.29) is 5.94 Å². The average Bonchev–Trinajstić information content (AvgIpc) is 2.51. The van der Waals surface area contributed by atoms with Crippen molar-refractivity contribution < 1.29 is 14.8 Å². The fraction of sp³-hybridized carbons (Fsp3) is 0.933. The Labute approximate surface area is 130 Å². The molecule has 6 heteroatoms. The van der Waals surface area contributed by atoms with Crippen LogP contribution in [-0.4, -0.2) is 54.4 Å². The summed E-state index contributed by atoms with van der Waals surface area (Å²) in [5.74, 6) is 0.799. The summed E-state index contributed by atoms with van der Waals surface area (Å²) in [5.41, 5.74) is 5.77. The molecule has 21 heavy (non-hydrogen) atoms. The lowest BCUT2D eigenvalue weighted by Crippen LogP contribution is -2.47. The zero-order chi connectivity index (χ0) is 16.3. The van der Waals surface area contributed by atoms with Crippen LogP contribution < -0.4 is 5.73 Å². The molecule has 0 bridgehead atoms. The number of nitrogens with zero attached hydrogens (tertiary/aromatic N) is 1. The second kappa shape index (κ2) is 12.2. The van der Waals surface area contributed by atoms with Gasteiger partial charge in [-0.1, -0.05) is 25.7 Å². The zero-order valence-electron chi connectivity index (χ0n) is 13.7. The van der Waals surface area contributed by atoms with Crippen LogP contribution in [-0.2, 0) is 4.79 Å². The lowest BCUT2D eigenvalue weighted by molar-refractivity contribution is -0.0979. The zero-order valence-corrected chi connectivity index (χ0v) is 13.7. The Morgan fingerprint density at radius 1 is 1.10 bits per heavy atom. The smallest absolute Gasteiger partial charge is 0.426 e. The van der Waals surface area contributed by atoms with Gasteiger partial charge in [-0.05, 0) is 52.1 Å². The summed E-state index contributed by atoms with van der Waals surface area (Å²) >= 11 is 0. The van der Waals surface area contributed by atoms with Gasteiger partial charge in [0.15, 0.2) is 0 Å². The summed E-state index contributed by atoms with van der Waals surface area (Å²) in [6.45, 7) is 5.12. The average molecular weight is 300 g/mol. The number of hydrogen-bond donors (Lipinski definition) is 3. The maximum atomic E-state index is 8.86. The molecule has 0 aromatic carbocycles. The molecule has 4 N–H and O–H groups in total. The number of carbonyl (C=O) groups is 1. The van der Waals surface area contributed by atoms with Crippen molar-refractivity contribution in [2.24, 2.45) is 11.7 Å². The molecule has 0 spiro atoms. The minimum atomic E-state index is -1.16. The van der Waals surface area contributed by atoms with Crippen LogP contribution >= 0.6 is 0 Å². The van der Waals surface area contributed by atoms with Gasteiger partial charge >= 0.3 is 7.12 Å². The molecule has 2 unspecified atom stereocenters. The van der Waals surface area contributed by atoms with Gasteiger partial charge in [0.1, 0.15) is 6.79 Å². The second-order valence-corrected chi connectivity index (χ2v) is 6.21. The summed E-state index contributed by atoms with van der Waals surface area (Å²) in [7, 11) is 0.772. The Kier molecular flexibility index (Phi) is 11.9. The molecule has 2 fully saturated rings. The van der Waals surface area contributed by atoms with Crippen molar-refractivity contribution in [1.29, 1.82) is 0 Å². The van der Waals surface area contributed by atoms with Crippen LogP contribution in [0.15, 0.2) is 0 Å². The third-order valence-corrected chi connectivity index (χ3v) is 4.56. The molecule has 0 amide bonds. The number of hydrogen-bond acceptors (Lipinski definition) is 5. The first-order valence-electron chi connectivity index (χ1n) is 8.13. The van der Waals surface area contributed by atoms with Crippen molar-refractivity contribution in [2.75, 3.05) is 13.6 Å². The fourth-order valence-electron chi connectivity index (χ4n) is 3.14. The van der Waals surface area contributed by atoms with Crippen molar-refractivity contribution >= 4 is 13.9 Å². The topological polar surface area (TPSA) is 86.8 Å². The Balaban J connectivity index is 0.000000342. The van der Waals surface area contributed by atoms with Gasteiger partial charge in [0.05, 0.1) is 0 Å². The van der Waals surface area contributed by atoms with Crippen LogP contribution in [0, 0.1) is 5.92 Å². The van der Waals surface area contributed by atoms with Crippen molar-refractivity contribution in [3.05, 3.63) is 0 Å². The van der Waals surface area contributed by atoms with Crippen molar-refractivity contribution in [2.45, 2.75) is 70.3 Å². The van der Waals surface area contributed by atoms with E-state index in [0.717, 1.165) is 25.3 Å². The number of nitrogens with two attached hydrogens (primary N) is 1. The molecule has 2 rings (SSSR count). The Morgan fingerprint density at radius 3 is 1.95 bits per heavy atom. The predicted molar refractivity (Wildman–Crippen MR) is 87.8 cm³/mol. The van der Waals surface area contributed by atoms with E-state index in [2.05, 4.69) is 6.92 Å². The molecule has 1 heterocycles. The highest BCUT2D eigenvalue weighted by Crippen LogP contribution is 2.25. The van der Waals surface area contributed by atoms with Crippen LogP contribution in [0.1, 0.15) is 58.3 Å². The maximum Gasteiger partial charge on any atom is 0.469 e. The highest BCUT2D eigenvalue weighted by atomic mass is 16.4. The number of rotatable bonds is 2. The molecule has 0 aromatic rings. The summed E-state index contributed by atoms with van der Waals surface area (Å²) in [4.78, 5) is 10.0.